The number of para-hydroxylation sites is 1. The highest BCUT2D eigenvalue weighted by Gasteiger charge is 2.07. The fourth-order valence-electron chi connectivity index (χ4n) is 1.58. The fourth-order valence-corrected chi connectivity index (χ4v) is 1.58. The minimum atomic E-state index is 0.939. The van der Waals surface area contributed by atoms with E-state index in [1.807, 2.05) is 30.3 Å². The second kappa shape index (κ2) is 2.73. The summed E-state index contributed by atoms with van der Waals surface area (Å²) in [7, 11) is 0. The monoisotopic (exact) mass is 184 g/mol. The van der Waals surface area contributed by atoms with Crippen LogP contribution in [0.1, 0.15) is 0 Å². The van der Waals surface area contributed by atoms with Crippen molar-refractivity contribution in [1.29, 1.82) is 0 Å². The van der Waals surface area contributed by atoms with Crippen molar-refractivity contribution in [2.75, 3.05) is 0 Å². The van der Waals surface area contributed by atoms with Crippen molar-refractivity contribution in [3.05, 3.63) is 42.9 Å². The average Bonchev–Trinajstić information content (AvgIpc) is 2.85. The molecule has 0 saturated carbocycles. The van der Waals surface area contributed by atoms with Gasteiger partial charge in [-0.2, -0.15) is 5.10 Å². The largest absolute Gasteiger partial charge is 0.472 e. The topological polar surface area (TPSA) is 41.8 Å². The second-order valence-electron chi connectivity index (χ2n) is 3.13. The van der Waals surface area contributed by atoms with Gasteiger partial charge >= 0.3 is 0 Å². The number of nitrogens with zero attached hydrogens (tertiary/aromatic N) is 1. The van der Waals surface area contributed by atoms with Crippen LogP contribution in [0, 0.1) is 0 Å². The zero-order valence-corrected chi connectivity index (χ0v) is 7.40. The van der Waals surface area contributed by atoms with Gasteiger partial charge in [0.05, 0.1) is 18.0 Å². The van der Waals surface area contributed by atoms with Crippen LogP contribution < -0.4 is 0 Å². The predicted octanol–water partition coefficient (Wildman–Crippen LogP) is 2.82. The molecule has 0 saturated heterocycles. The van der Waals surface area contributed by atoms with Gasteiger partial charge in [0.15, 0.2) is 0 Å². The Kier molecular flexibility index (Phi) is 1.44. The van der Waals surface area contributed by atoms with Gasteiger partial charge < -0.3 is 4.42 Å². The molecule has 0 unspecified atom stereocenters. The Labute approximate surface area is 80.4 Å². The molecule has 0 aliphatic rings. The van der Waals surface area contributed by atoms with Crippen molar-refractivity contribution in [2.45, 2.75) is 0 Å². The van der Waals surface area contributed by atoms with Crippen LogP contribution in [0.5, 0.6) is 0 Å². The van der Waals surface area contributed by atoms with Crippen LogP contribution in [0.3, 0.4) is 0 Å². The first kappa shape index (κ1) is 7.38. The van der Waals surface area contributed by atoms with Crippen LogP contribution in [0.2, 0.25) is 0 Å². The molecule has 2 aromatic heterocycles. The molecule has 0 spiro atoms. The average molecular weight is 184 g/mol. The van der Waals surface area contributed by atoms with Crippen molar-refractivity contribution in [1.82, 2.24) is 10.2 Å². The molecule has 0 aliphatic carbocycles. The number of nitrogens with one attached hydrogen (secondary N) is 1. The summed E-state index contributed by atoms with van der Waals surface area (Å²) in [5, 5.41) is 8.36. The summed E-state index contributed by atoms with van der Waals surface area (Å²) in [5.41, 5.74) is 2.99. The fraction of sp³-hybridized carbons (Fsp3) is 0. The summed E-state index contributed by atoms with van der Waals surface area (Å²) < 4.78 is 5.03. The predicted molar refractivity (Wildman–Crippen MR) is 53.8 cm³/mol. The van der Waals surface area contributed by atoms with Crippen molar-refractivity contribution in [2.24, 2.45) is 0 Å². The van der Waals surface area contributed by atoms with Crippen LogP contribution in [-0.2, 0) is 0 Å². The highest BCUT2D eigenvalue weighted by molar-refractivity contribution is 5.92. The van der Waals surface area contributed by atoms with Crippen molar-refractivity contribution < 1.29 is 4.42 Å². The Morgan fingerprint density at radius 1 is 1.14 bits per heavy atom. The molecular weight excluding hydrogens is 176 g/mol. The van der Waals surface area contributed by atoms with Crippen molar-refractivity contribution >= 4 is 10.9 Å². The molecule has 2 heterocycles. The lowest BCUT2D eigenvalue weighted by atomic mass is 10.1. The third-order valence-electron chi connectivity index (χ3n) is 2.26. The van der Waals surface area contributed by atoms with Crippen molar-refractivity contribution in [3.8, 4) is 11.3 Å². The zero-order chi connectivity index (χ0) is 9.38. The Hall–Kier alpha value is -2.03. The molecule has 14 heavy (non-hydrogen) atoms. The Morgan fingerprint density at radius 2 is 2.07 bits per heavy atom. The molecule has 1 N–H and O–H groups in total. The third kappa shape index (κ3) is 0.956. The first-order valence-electron chi connectivity index (χ1n) is 4.41. The van der Waals surface area contributed by atoms with E-state index < -0.39 is 0 Å². The molecule has 1 aromatic carbocycles. The lowest BCUT2D eigenvalue weighted by Crippen LogP contribution is -1.73. The molecule has 3 heteroatoms. The van der Waals surface area contributed by atoms with Gasteiger partial charge in [-0.25, -0.2) is 0 Å². The standard InChI is InChI=1S/C11H8N2O/c1-2-4-10-9(3-1)11(13-12-10)8-5-6-14-7-8/h1-7H,(H,12,13). The Morgan fingerprint density at radius 3 is 2.93 bits per heavy atom. The molecule has 3 rings (SSSR count). The maximum absolute atomic E-state index is 5.03. The number of H-pyrrole nitrogens is 1. The SMILES string of the molecule is c1ccc2c(-c3ccoc3)n[nH]c2c1. The number of aromatic amines is 1. The summed E-state index contributed by atoms with van der Waals surface area (Å²) in [6, 6.07) is 9.94. The van der Waals surface area contributed by atoms with Gasteiger partial charge in [0.25, 0.3) is 0 Å². The minimum Gasteiger partial charge on any atom is -0.472 e. The molecule has 0 amide bonds. The van der Waals surface area contributed by atoms with Gasteiger partial charge in [0.2, 0.25) is 0 Å². The smallest absolute Gasteiger partial charge is 0.103 e. The third-order valence-corrected chi connectivity index (χ3v) is 2.26. The summed E-state index contributed by atoms with van der Waals surface area (Å²) in [6.07, 6.45) is 3.35. The molecule has 68 valence electrons. The van der Waals surface area contributed by atoms with Gasteiger partial charge in [0.1, 0.15) is 5.69 Å². The number of rotatable bonds is 1. The summed E-state index contributed by atoms with van der Waals surface area (Å²) in [5.74, 6) is 0. The van der Waals surface area contributed by atoms with Crippen LogP contribution in [0.25, 0.3) is 22.2 Å². The second-order valence-corrected chi connectivity index (χ2v) is 3.13. The number of furan rings is 1. The van der Waals surface area contributed by atoms with Crippen LogP contribution >= 0.6 is 0 Å². The quantitative estimate of drug-likeness (QED) is 0.631. The van der Waals surface area contributed by atoms with E-state index in [-0.39, 0.29) is 0 Å². The summed E-state index contributed by atoms with van der Waals surface area (Å²) in [6.45, 7) is 0. The highest BCUT2D eigenvalue weighted by Crippen LogP contribution is 2.25. The van der Waals surface area contributed by atoms with Gasteiger partial charge in [-0.3, -0.25) is 5.10 Å². The first-order chi connectivity index (χ1) is 6.95. The lowest BCUT2D eigenvalue weighted by Gasteiger charge is -1.90. The zero-order valence-electron chi connectivity index (χ0n) is 7.40. The molecule has 0 aliphatic heterocycles. The van der Waals surface area contributed by atoms with E-state index >= 15 is 0 Å². The molecule has 0 fully saturated rings. The number of fused-ring (bicyclic) bond motifs is 1. The van der Waals surface area contributed by atoms with E-state index in [1.165, 1.54) is 0 Å². The summed E-state index contributed by atoms with van der Waals surface area (Å²) in [4.78, 5) is 0. The van der Waals surface area contributed by atoms with Crippen LogP contribution in [0.4, 0.5) is 0 Å². The van der Waals surface area contributed by atoms with Gasteiger partial charge in [-0.15, -0.1) is 0 Å². The first-order valence-corrected chi connectivity index (χ1v) is 4.41. The van der Waals surface area contributed by atoms with E-state index in [4.69, 9.17) is 4.42 Å². The summed E-state index contributed by atoms with van der Waals surface area (Å²) >= 11 is 0. The van der Waals surface area contributed by atoms with Crippen molar-refractivity contribution in [3.63, 3.8) is 0 Å². The Balaban J connectivity index is 2.33. The maximum Gasteiger partial charge on any atom is 0.103 e. The number of benzene rings is 1. The minimum absolute atomic E-state index is 0.939. The van der Waals surface area contributed by atoms with E-state index in [1.54, 1.807) is 12.5 Å². The van der Waals surface area contributed by atoms with Gasteiger partial charge in [-0.05, 0) is 12.1 Å². The molecular formula is C11H8N2O. The molecule has 3 aromatic rings. The van der Waals surface area contributed by atoms with Gasteiger partial charge in [0, 0.05) is 10.9 Å². The van der Waals surface area contributed by atoms with E-state index in [9.17, 15) is 0 Å². The molecule has 0 radical (unpaired) electrons. The van der Waals surface area contributed by atoms with Gasteiger partial charge in [-0.1, -0.05) is 18.2 Å². The normalized spacial score (nSPS) is 10.9. The highest BCUT2D eigenvalue weighted by atomic mass is 16.3. The Bertz CT molecular complexity index is 551. The molecule has 3 nitrogen and oxygen atoms in total. The van der Waals surface area contributed by atoms with E-state index in [2.05, 4.69) is 10.2 Å². The van der Waals surface area contributed by atoms with Crippen LogP contribution in [-0.4, -0.2) is 10.2 Å². The molecule has 0 bridgehead atoms. The number of aromatic nitrogens is 2. The number of hydrogen-bond donors (Lipinski definition) is 1. The van der Waals surface area contributed by atoms with Crippen LogP contribution in [0.15, 0.2) is 47.3 Å². The lowest BCUT2D eigenvalue weighted by molar-refractivity contribution is 0.568. The van der Waals surface area contributed by atoms with E-state index in [0.717, 1.165) is 22.2 Å². The van der Waals surface area contributed by atoms with E-state index in [0.29, 0.717) is 0 Å². The molecule has 0 atom stereocenters. The maximum atomic E-state index is 5.03. The number of hydrogen-bond acceptors (Lipinski definition) is 2.